The second kappa shape index (κ2) is 9.37. The van der Waals surface area contributed by atoms with Crippen LogP contribution in [0.4, 0.5) is 5.69 Å². The van der Waals surface area contributed by atoms with E-state index in [9.17, 15) is 9.59 Å². The second-order valence-electron chi connectivity index (χ2n) is 7.33. The third kappa shape index (κ3) is 5.57. The smallest absolute Gasteiger partial charge is 0.229 e. The molecule has 1 unspecified atom stereocenters. The molecular formula is C22H27N3O3. The Bertz CT molecular complexity index is 790. The predicted octanol–water partition coefficient (Wildman–Crippen LogP) is 2.61. The first-order valence-corrected chi connectivity index (χ1v) is 9.51. The van der Waals surface area contributed by atoms with Crippen molar-refractivity contribution in [1.82, 2.24) is 9.80 Å². The summed E-state index contributed by atoms with van der Waals surface area (Å²) in [5, 5.41) is 2.91. The molecule has 3 rings (SSSR count). The molecular weight excluding hydrogens is 354 g/mol. The maximum Gasteiger partial charge on any atom is 0.229 e. The van der Waals surface area contributed by atoms with E-state index in [0.717, 1.165) is 17.9 Å². The lowest BCUT2D eigenvalue weighted by Crippen LogP contribution is -2.33. The van der Waals surface area contributed by atoms with Crippen molar-refractivity contribution in [2.45, 2.75) is 13.0 Å². The standard InChI is InChI=1S/C22H27N3O3/c1-24(2)12-13-25-15-18(14-21(25)26)22(27)23-19-8-10-20(11-9-19)28-16-17-6-4-3-5-7-17/h3-11,18H,12-16H2,1-2H3,(H,23,27). The molecule has 1 saturated heterocycles. The number of hydrogen-bond donors (Lipinski definition) is 1. The molecule has 2 aromatic rings. The molecule has 1 heterocycles. The Kier molecular flexibility index (Phi) is 6.66. The molecule has 6 nitrogen and oxygen atoms in total. The van der Waals surface area contributed by atoms with E-state index in [2.05, 4.69) is 5.32 Å². The summed E-state index contributed by atoms with van der Waals surface area (Å²) in [5.41, 5.74) is 1.81. The van der Waals surface area contributed by atoms with Crippen molar-refractivity contribution < 1.29 is 14.3 Å². The van der Waals surface area contributed by atoms with E-state index >= 15 is 0 Å². The van der Waals surface area contributed by atoms with Crippen LogP contribution in [-0.2, 0) is 16.2 Å². The Balaban J connectivity index is 1.48. The minimum absolute atomic E-state index is 0.0478. The Morgan fingerprint density at radius 3 is 2.54 bits per heavy atom. The van der Waals surface area contributed by atoms with E-state index in [1.54, 1.807) is 4.90 Å². The largest absolute Gasteiger partial charge is 0.489 e. The summed E-state index contributed by atoms with van der Waals surface area (Å²) in [7, 11) is 3.94. The lowest BCUT2D eigenvalue weighted by Gasteiger charge is -2.19. The van der Waals surface area contributed by atoms with Crippen molar-refractivity contribution in [2.75, 3.05) is 39.0 Å². The summed E-state index contributed by atoms with van der Waals surface area (Å²) in [6, 6.07) is 17.3. The Labute approximate surface area is 166 Å². The molecule has 1 aliphatic rings. The molecule has 0 bridgehead atoms. The van der Waals surface area contributed by atoms with Crippen molar-refractivity contribution in [3.05, 3.63) is 60.2 Å². The molecule has 1 N–H and O–H groups in total. The molecule has 0 aliphatic carbocycles. The Hall–Kier alpha value is -2.86. The number of hydrogen-bond acceptors (Lipinski definition) is 4. The lowest BCUT2D eigenvalue weighted by molar-refractivity contribution is -0.128. The number of amides is 2. The Morgan fingerprint density at radius 1 is 1.14 bits per heavy atom. The summed E-state index contributed by atoms with van der Waals surface area (Å²) in [4.78, 5) is 28.4. The summed E-state index contributed by atoms with van der Waals surface area (Å²) >= 11 is 0. The minimum Gasteiger partial charge on any atom is -0.489 e. The molecule has 1 aliphatic heterocycles. The fraction of sp³-hybridized carbons (Fsp3) is 0.364. The molecule has 148 valence electrons. The van der Waals surface area contributed by atoms with Crippen LogP contribution < -0.4 is 10.1 Å². The zero-order valence-electron chi connectivity index (χ0n) is 16.4. The van der Waals surface area contributed by atoms with Crippen molar-refractivity contribution in [3.63, 3.8) is 0 Å². The zero-order valence-corrected chi connectivity index (χ0v) is 16.4. The Morgan fingerprint density at radius 2 is 1.86 bits per heavy atom. The van der Waals surface area contributed by atoms with Gasteiger partial charge in [-0.25, -0.2) is 0 Å². The van der Waals surface area contributed by atoms with Crippen LogP contribution in [0.3, 0.4) is 0 Å². The van der Waals surface area contributed by atoms with E-state index in [0.29, 0.717) is 25.4 Å². The van der Waals surface area contributed by atoms with Gasteiger partial charge in [-0.05, 0) is 43.9 Å². The molecule has 1 atom stereocenters. The zero-order chi connectivity index (χ0) is 19.9. The summed E-state index contributed by atoms with van der Waals surface area (Å²) in [6.07, 6.45) is 0.275. The number of likely N-dealkylation sites (N-methyl/N-ethyl adjacent to an activating group) is 1. The molecule has 0 spiro atoms. The number of nitrogens with one attached hydrogen (secondary N) is 1. The van der Waals surface area contributed by atoms with Gasteiger partial charge >= 0.3 is 0 Å². The summed E-state index contributed by atoms with van der Waals surface area (Å²) in [5.74, 6) is 0.377. The van der Waals surface area contributed by atoms with Crippen LogP contribution in [0, 0.1) is 5.92 Å². The number of rotatable bonds is 8. The third-order valence-corrected chi connectivity index (χ3v) is 4.77. The number of benzene rings is 2. The highest BCUT2D eigenvalue weighted by Crippen LogP contribution is 2.21. The van der Waals surface area contributed by atoms with Crippen LogP contribution in [0.5, 0.6) is 5.75 Å². The van der Waals surface area contributed by atoms with Crippen LogP contribution in [0.2, 0.25) is 0 Å². The van der Waals surface area contributed by atoms with Gasteiger partial charge in [-0.15, -0.1) is 0 Å². The van der Waals surface area contributed by atoms with Gasteiger partial charge in [-0.2, -0.15) is 0 Å². The third-order valence-electron chi connectivity index (χ3n) is 4.77. The SMILES string of the molecule is CN(C)CCN1CC(C(=O)Nc2ccc(OCc3ccccc3)cc2)CC1=O. The average molecular weight is 381 g/mol. The molecule has 2 amide bonds. The molecule has 0 saturated carbocycles. The molecule has 2 aromatic carbocycles. The number of likely N-dealkylation sites (tertiary alicyclic amines) is 1. The monoisotopic (exact) mass is 381 g/mol. The van der Waals surface area contributed by atoms with Gasteiger partial charge in [0.05, 0.1) is 5.92 Å². The summed E-state index contributed by atoms with van der Waals surface area (Å²) in [6.45, 7) is 2.43. The summed E-state index contributed by atoms with van der Waals surface area (Å²) < 4.78 is 5.76. The van der Waals surface area contributed by atoms with Crippen LogP contribution in [0.1, 0.15) is 12.0 Å². The van der Waals surface area contributed by atoms with Gasteiger partial charge in [0, 0.05) is 31.7 Å². The quantitative estimate of drug-likeness (QED) is 0.764. The first kappa shape index (κ1) is 19.9. The fourth-order valence-corrected chi connectivity index (χ4v) is 3.10. The van der Waals surface area contributed by atoms with E-state index in [-0.39, 0.29) is 24.2 Å². The van der Waals surface area contributed by atoms with Gasteiger partial charge in [0.2, 0.25) is 11.8 Å². The highest BCUT2D eigenvalue weighted by molar-refractivity contribution is 5.97. The number of nitrogens with zero attached hydrogens (tertiary/aromatic N) is 2. The second-order valence-corrected chi connectivity index (χ2v) is 7.33. The first-order valence-electron chi connectivity index (χ1n) is 9.51. The molecule has 0 radical (unpaired) electrons. The highest BCUT2D eigenvalue weighted by Gasteiger charge is 2.34. The average Bonchev–Trinajstić information content (AvgIpc) is 3.07. The van der Waals surface area contributed by atoms with Gasteiger partial charge in [0.15, 0.2) is 0 Å². The molecule has 28 heavy (non-hydrogen) atoms. The number of ether oxygens (including phenoxy) is 1. The number of carbonyl (C=O) groups excluding carboxylic acids is 2. The van der Waals surface area contributed by atoms with Crippen LogP contribution in [0.15, 0.2) is 54.6 Å². The van der Waals surface area contributed by atoms with Crippen LogP contribution in [0.25, 0.3) is 0 Å². The van der Waals surface area contributed by atoms with Gasteiger partial charge in [0.1, 0.15) is 12.4 Å². The van der Waals surface area contributed by atoms with Gasteiger partial charge < -0.3 is 19.9 Å². The molecule has 1 fully saturated rings. The van der Waals surface area contributed by atoms with E-state index in [1.807, 2.05) is 73.6 Å². The van der Waals surface area contributed by atoms with Gasteiger partial charge in [-0.3, -0.25) is 9.59 Å². The predicted molar refractivity (Wildman–Crippen MR) is 109 cm³/mol. The van der Waals surface area contributed by atoms with Gasteiger partial charge in [0.25, 0.3) is 0 Å². The van der Waals surface area contributed by atoms with E-state index in [4.69, 9.17) is 4.74 Å². The normalized spacial score (nSPS) is 16.5. The lowest BCUT2D eigenvalue weighted by atomic mass is 10.1. The van der Waals surface area contributed by atoms with E-state index in [1.165, 1.54) is 0 Å². The molecule has 0 aromatic heterocycles. The van der Waals surface area contributed by atoms with Gasteiger partial charge in [-0.1, -0.05) is 30.3 Å². The topological polar surface area (TPSA) is 61.9 Å². The van der Waals surface area contributed by atoms with E-state index < -0.39 is 0 Å². The highest BCUT2D eigenvalue weighted by atomic mass is 16.5. The van der Waals surface area contributed by atoms with Crippen molar-refractivity contribution >= 4 is 17.5 Å². The number of anilines is 1. The van der Waals surface area contributed by atoms with Crippen LogP contribution in [-0.4, -0.2) is 55.3 Å². The first-order chi connectivity index (χ1) is 13.5. The maximum atomic E-state index is 12.5. The fourth-order valence-electron chi connectivity index (χ4n) is 3.10. The number of carbonyl (C=O) groups is 2. The molecule has 6 heteroatoms. The maximum absolute atomic E-state index is 12.5. The van der Waals surface area contributed by atoms with Crippen molar-refractivity contribution in [3.8, 4) is 5.75 Å². The van der Waals surface area contributed by atoms with Crippen LogP contribution >= 0.6 is 0 Å². The minimum atomic E-state index is -0.302. The van der Waals surface area contributed by atoms with Crippen molar-refractivity contribution in [2.24, 2.45) is 5.92 Å². The van der Waals surface area contributed by atoms with Crippen molar-refractivity contribution in [1.29, 1.82) is 0 Å².